The summed E-state index contributed by atoms with van der Waals surface area (Å²) in [6.07, 6.45) is 109. The lowest BCUT2D eigenvalue weighted by Crippen LogP contribution is -2.37. The van der Waals surface area contributed by atoms with Gasteiger partial charge in [-0.15, -0.1) is 0 Å². The van der Waals surface area contributed by atoms with Crippen LogP contribution < -0.4 is 4.89 Å². The molecule has 0 aromatic heterocycles. The lowest BCUT2D eigenvalue weighted by molar-refractivity contribution is -0.870. The number of phosphoric acid groups is 1. The van der Waals surface area contributed by atoms with Crippen LogP contribution in [0.5, 0.6) is 0 Å². The van der Waals surface area contributed by atoms with Crippen LogP contribution in [0.15, 0.2) is 85.1 Å². The summed E-state index contributed by atoms with van der Waals surface area (Å²) in [6.45, 7) is 4.19. The molecule has 0 aromatic carbocycles. The number of unbranched alkanes of at least 4 members (excludes halogenated alkanes) is 51. The Balaban J connectivity index is 3.91. The number of hydrogen-bond donors (Lipinski definition) is 0. The monoisotopic (exact) mass is 1390 g/mol. The molecule has 0 saturated heterocycles. The highest BCUT2D eigenvalue weighted by Gasteiger charge is 2.22. The van der Waals surface area contributed by atoms with Gasteiger partial charge in [0.1, 0.15) is 19.8 Å². The van der Waals surface area contributed by atoms with Crippen LogP contribution in [0.1, 0.15) is 412 Å². The van der Waals surface area contributed by atoms with Crippen molar-refractivity contribution in [3.63, 3.8) is 0 Å². The third kappa shape index (κ3) is 82.1. The quantitative estimate of drug-likeness (QED) is 0.0195. The molecule has 0 aliphatic carbocycles. The molecule has 572 valence electrons. The van der Waals surface area contributed by atoms with Gasteiger partial charge in [0, 0.05) is 12.8 Å². The van der Waals surface area contributed by atoms with Gasteiger partial charge in [0.05, 0.1) is 27.7 Å². The first-order chi connectivity index (χ1) is 48.0. The van der Waals surface area contributed by atoms with Crippen LogP contribution in [0.3, 0.4) is 0 Å². The Morgan fingerprint density at radius 3 is 0.867 bits per heavy atom. The van der Waals surface area contributed by atoms with Crippen molar-refractivity contribution in [1.82, 2.24) is 0 Å². The first-order valence-corrected chi connectivity index (χ1v) is 43.8. The van der Waals surface area contributed by atoms with Crippen LogP contribution in [-0.4, -0.2) is 70.0 Å². The Bertz CT molecular complexity index is 1930. The molecule has 9 nitrogen and oxygen atoms in total. The molecule has 0 aromatic rings. The molecule has 2 unspecified atom stereocenters. The van der Waals surface area contributed by atoms with E-state index in [0.29, 0.717) is 17.4 Å². The molecular formula is C88H162NO8P. The molecular weight excluding hydrogens is 1230 g/mol. The average Bonchev–Trinajstić information content (AvgIpc) is 1.08. The van der Waals surface area contributed by atoms with Crippen molar-refractivity contribution in [3.05, 3.63) is 85.1 Å². The predicted octanol–water partition coefficient (Wildman–Crippen LogP) is 27.8. The zero-order chi connectivity index (χ0) is 71.1. The minimum absolute atomic E-state index is 0.0314. The van der Waals surface area contributed by atoms with Gasteiger partial charge in [-0.3, -0.25) is 14.2 Å². The van der Waals surface area contributed by atoms with Crippen molar-refractivity contribution >= 4 is 19.8 Å². The number of hydrogen-bond acceptors (Lipinski definition) is 8. The van der Waals surface area contributed by atoms with E-state index in [1.54, 1.807) is 0 Å². The molecule has 0 fully saturated rings. The van der Waals surface area contributed by atoms with E-state index in [1.807, 2.05) is 21.1 Å². The molecule has 0 aliphatic heterocycles. The lowest BCUT2D eigenvalue weighted by atomic mass is 10.0. The van der Waals surface area contributed by atoms with E-state index >= 15 is 0 Å². The maximum atomic E-state index is 12.9. The highest BCUT2D eigenvalue weighted by molar-refractivity contribution is 7.45. The molecule has 0 radical (unpaired) electrons. The van der Waals surface area contributed by atoms with Crippen LogP contribution in [0.25, 0.3) is 0 Å². The molecule has 2 atom stereocenters. The fourth-order valence-electron chi connectivity index (χ4n) is 12.5. The zero-order valence-corrected chi connectivity index (χ0v) is 66.4. The number of quaternary nitrogens is 1. The SMILES string of the molecule is CC/C=C\C/C=C\C/C=C\C/C=C\C/C=C\C/C=C\C/C=C\CCCCCCCCCCCCCCCC(=O)OC(COC(=O)CCCCCCCCCCCCCCCCCCCCCCCCCCCCCCCCCCCCCCCCC)COP(=O)([O-])OCC[N+](C)(C)C. The van der Waals surface area contributed by atoms with Crippen LogP contribution in [0.4, 0.5) is 0 Å². The van der Waals surface area contributed by atoms with Crippen molar-refractivity contribution in [2.45, 2.75) is 418 Å². The normalized spacial score (nSPS) is 13.4. The van der Waals surface area contributed by atoms with Crippen molar-refractivity contribution in [1.29, 1.82) is 0 Å². The summed E-state index contributed by atoms with van der Waals surface area (Å²) in [6, 6.07) is 0. The van der Waals surface area contributed by atoms with Crippen LogP contribution in [0.2, 0.25) is 0 Å². The minimum Gasteiger partial charge on any atom is -0.756 e. The highest BCUT2D eigenvalue weighted by Crippen LogP contribution is 2.38. The average molecular weight is 1390 g/mol. The second-order valence-electron chi connectivity index (χ2n) is 29.8. The fraction of sp³-hybridized carbons (Fsp3) is 0.818. The van der Waals surface area contributed by atoms with Gasteiger partial charge in [0.2, 0.25) is 0 Å². The number of esters is 2. The number of likely N-dealkylation sites (N-methyl/N-ethyl adjacent to an activating group) is 1. The summed E-state index contributed by atoms with van der Waals surface area (Å²) < 4.78 is 34.4. The molecule has 0 rings (SSSR count). The number of rotatable bonds is 79. The molecule has 98 heavy (non-hydrogen) atoms. The van der Waals surface area contributed by atoms with Crippen molar-refractivity contribution in [3.8, 4) is 0 Å². The maximum absolute atomic E-state index is 12.9. The van der Waals surface area contributed by atoms with Gasteiger partial charge in [-0.1, -0.05) is 414 Å². The third-order valence-electron chi connectivity index (χ3n) is 18.9. The Morgan fingerprint density at radius 2 is 0.582 bits per heavy atom. The van der Waals surface area contributed by atoms with Crippen LogP contribution in [-0.2, 0) is 32.7 Å². The van der Waals surface area contributed by atoms with E-state index in [4.69, 9.17) is 18.5 Å². The summed E-state index contributed by atoms with van der Waals surface area (Å²) in [7, 11) is 1.18. The van der Waals surface area contributed by atoms with E-state index in [1.165, 1.54) is 295 Å². The first-order valence-electron chi connectivity index (χ1n) is 42.3. The van der Waals surface area contributed by atoms with Gasteiger partial charge < -0.3 is 27.9 Å². The summed E-state index contributed by atoms with van der Waals surface area (Å²) in [5.41, 5.74) is 0. The number of carbonyl (C=O) groups is 2. The summed E-state index contributed by atoms with van der Waals surface area (Å²) >= 11 is 0. The van der Waals surface area contributed by atoms with Gasteiger partial charge in [-0.25, -0.2) is 0 Å². The maximum Gasteiger partial charge on any atom is 0.306 e. The molecule has 0 saturated carbocycles. The standard InChI is InChI=1S/C88H162NO8P/c1-6-8-10-12-14-16-18-20-22-24-26-28-30-32-34-36-38-40-42-43-44-45-47-48-50-52-54-56-58-60-62-64-66-68-70-72-74-76-78-80-87(90)94-84-86(85-96-98(92,93)95-83-82-89(3,4)5)97-88(91)81-79-77-75-73-71-69-67-65-63-61-59-57-55-53-51-49-46-41-39-37-35-33-31-29-27-25-23-21-19-17-15-13-11-9-7-2/h9,11,15,17,21,23,27,29,33,35,39,41,49,51,86H,6-8,10,12-14,16,18-20,22,24-26,28,30-32,34,36-38,40,42-48,50,52-85H2,1-5H3/b11-9-,17-15-,23-21-,29-27-,35-33-,41-39-,51-49-. The number of phosphoric ester groups is 1. The molecule has 0 spiro atoms. The highest BCUT2D eigenvalue weighted by atomic mass is 31.2. The van der Waals surface area contributed by atoms with Crippen molar-refractivity contribution < 1.29 is 42.1 Å². The number of allylic oxidation sites excluding steroid dienone is 14. The molecule has 0 N–H and O–H groups in total. The van der Waals surface area contributed by atoms with Crippen molar-refractivity contribution in [2.24, 2.45) is 0 Å². The molecule has 0 heterocycles. The summed E-state index contributed by atoms with van der Waals surface area (Å²) in [5.74, 6) is -0.818. The van der Waals surface area contributed by atoms with E-state index in [2.05, 4.69) is 98.9 Å². The summed E-state index contributed by atoms with van der Waals surface area (Å²) in [4.78, 5) is 38.2. The minimum atomic E-state index is -4.65. The van der Waals surface area contributed by atoms with Gasteiger partial charge in [-0.2, -0.15) is 0 Å². The van der Waals surface area contributed by atoms with Gasteiger partial charge in [0.15, 0.2) is 6.10 Å². The molecule has 10 heteroatoms. The number of nitrogens with zero attached hydrogens (tertiary/aromatic N) is 1. The fourth-order valence-corrected chi connectivity index (χ4v) is 13.3. The molecule has 0 aliphatic rings. The Hall–Kier alpha value is -2.81. The van der Waals surface area contributed by atoms with E-state index in [9.17, 15) is 19.0 Å². The van der Waals surface area contributed by atoms with E-state index < -0.39 is 26.5 Å². The summed E-state index contributed by atoms with van der Waals surface area (Å²) in [5, 5.41) is 0. The van der Waals surface area contributed by atoms with E-state index in [0.717, 1.165) is 83.5 Å². The third-order valence-corrected chi connectivity index (χ3v) is 19.9. The van der Waals surface area contributed by atoms with Crippen LogP contribution >= 0.6 is 7.82 Å². The number of carbonyl (C=O) groups excluding carboxylic acids is 2. The van der Waals surface area contributed by atoms with Gasteiger partial charge >= 0.3 is 11.9 Å². The topological polar surface area (TPSA) is 111 Å². The molecule has 0 amide bonds. The first kappa shape index (κ1) is 95.2. The Morgan fingerprint density at radius 1 is 0.327 bits per heavy atom. The second-order valence-corrected chi connectivity index (χ2v) is 31.2. The Labute approximate surface area is 609 Å². The zero-order valence-electron chi connectivity index (χ0n) is 65.5. The number of ether oxygens (including phenoxy) is 2. The second kappa shape index (κ2) is 78.3. The van der Waals surface area contributed by atoms with Gasteiger partial charge in [0.25, 0.3) is 7.82 Å². The largest absolute Gasteiger partial charge is 0.756 e. The van der Waals surface area contributed by atoms with E-state index in [-0.39, 0.29) is 32.0 Å². The van der Waals surface area contributed by atoms with Crippen molar-refractivity contribution in [2.75, 3.05) is 47.5 Å². The predicted molar refractivity (Wildman–Crippen MR) is 425 cm³/mol. The Kier molecular flexibility index (Phi) is 76.1. The smallest absolute Gasteiger partial charge is 0.306 e. The van der Waals surface area contributed by atoms with Crippen LogP contribution in [0, 0.1) is 0 Å². The van der Waals surface area contributed by atoms with Gasteiger partial charge in [-0.05, 0) is 70.6 Å². The lowest BCUT2D eigenvalue weighted by Gasteiger charge is -2.28. The molecule has 0 bridgehead atoms.